The van der Waals surface area contributed by atoms with Crippen molar-refractivity contribution in [1.29, 1.82) is 5.26 Å². The maximum absolute atomic E-state index is 12.9. The van der Waals surface area contributed by atoms with E-state index in [9.17, 15) is 14.9 Å². The van der Waals surface area contributed by atoms with Crippen LogP contribution < -0.4 is 9.64 Å². The molecule has 0 N–H and O–H groups in total. The third-order valence-corrected chi connectivity index (χ3v) is 4.84. The summed E-state index contributed by atoms with van der Waals surface area (Å²) in [5, 5.41) is 9.35. The summed E-state index contributed by atoms with van der Waals surface area (Å²) in [4.78, 5) is 27.0. The summed E-state index contributed by atoms with van der Waals surface area (Å²) in [6, 6.07) is 16.4. The SMILES string of the molecule is COc1ccc(/C=C(\C#N)C(=O)O[C@H](C)C(=O)N2c3ccccc3C[C@@H]2C)cc1. The Hall–Kier alpha value is -3.59. The molecule has 148 valence electrons. The van der Waals surface area contributed by atoms with E-state index in [0.717, 1.165) is 17.7 Å². The lowest BCUT2D eigenvalue weighted by Crippen LogP contribution is -2.43. The van der Waals surface area contributed by atoms with Gasteiger partial charge in [0.15, 0.2) is 6.10 Å². The van der Waals surface area contributed by atoms with Crippen molar-refractivity contribution < 1.29 is 19.1 Å². The lowest BCUT2D eigenvalue weighted by atomic mass is 10.1. The number of ether oxygens (including phenoxy) is 2. The Balaban J connectivity index is 1.72. The number of benzene rings is 2. The van der Waals surface area contributed by atoms with Crippen molar-refractivity contribution in [3.8, 4) is 11.8 Å². The smallest absolute Gasteiger partial charge is 0.349 e. The average molecular weight is 390 g/mol. The molecule has 2 aromatic rings. The molecular formula is C23H22N2O4. The molecule has 1 amide bonds. The van der Waals surface area contributed by atoms with Crippen LogP contribution >= 0.6 is 0 Å². The molecule has 29 heavy (non-hydrogen) atoms. The molecule has 2 aromatic carbocycles. The molecule has 2 atom stereocenters. The van der Waals surface area contributed by atoms with Gasteiger partial charge >= 0.3 is 5.97 Å². The van der Waals surface area contributed by atoms with Gasteiger partial charge in [0.05, 0.1) is 7.11 Å². The fourth-order valence-corrected chi connectivity index (χ4v) is 3.38. The molecule has 0 spiro atoms. The van der Waals surface area contributed by atoms with Crippen LogP contribution in [0.25, 0.3) is 6.08 Å². The lowest BCUT2D eigenvalue weighted by molar-refractivity contribution is -0.149. The first-order valence-corrected chi connectivity index (χ1v) is 9.32. The number of amides is 1. The predicted molar refractivity (Wildman–Crippen MR) is 109 cm³/mol. The van der Waals surface area contributed by atoms with E-state index in [-0.39, 0.29) is 17.5 Å². The molecule has 1 heterocycles. The Morgan fingerprint density at radius 2 is 1.90 bits per heavy atom. The molecule has 0 bridgehead atoms. The average Bonchev–Trinajstić information content (AvgIpc) is 3.07. The zero-order valence-electron chi connectivity index (χ0n) is 16.6. The van der Waals surface area contributed by atoms with Crippen molar-refractivity contribution in [2.45, 2.75) is 32.4 Å². The molecule has 6 heteroatoms. The van der Waals surface area contributed by atoms with Gasteiger partial charge in [0.25, 0.3) is 5.91 Å². The Morgan fingerprint density at radius 1 is 1.21 bits per heavy atom. The first kappa shape index (κ1) is 20.2. The summed E-state index contributed by atoms with van der Waals surface area (Å²) in [6.07, 6.45) is 1.17. The van der Waals surface area contributed by atoms with Gasteiger partial charge in [0.2, 0.25) is 0 Å². The molecule has 0 unspecified atom stereocenters. The first-order valence-electron chi connectivity index (χ1n) is 9.32. The van der Waals surface area contributed by atoms with Gasteiger partial charge in [-0.1, -0.05) is 30.3 Å². The van der Waals surface area contributed by atoms with Crippen molar-refractivity contribution in [2.75, 3.05) is 12.0 Å². The number of fused-ring (bicyclic) bond motifs is 1. The van der Waals surface area contributed by atoms with Gasteiger partial charge in [0.1, 0.15) is 17.4 Å². The molecule has 0 saturated heterocycles. The number of hydrogen-bond donors (Lipinski definition) is 0. The normalized spacial score (nSPS) is 16.6. The number of carbonyl (C=O) groups excluding carboxylic acids is 2. The first-order chi connectivity index (χ1) is 13.9. The second-order valence-corrected chi connectivity index (χ2v) is 6.88. The van der Waals surface area contributed by atoms with Crippen LogP contribution in [0.2, 0.25) is 0 Å². The predicted octanol–water partition coefficient (Wildman–Crippen LogP) is 3.51. The van der Waals surface area contributed by atoms with Crippen molar-refractivity contribution >= 4 is 23.6 Å². The van der Waals surface area contributed by atoms with Crippen LogP contribution in [-0.4, -0.2) is 31.1 Å². The van der Waals surface area contributed by atoms with Gasteiger partial charge < -0.3 is 14.4 Å². The van der Waals surface area contributed by atoms with E-state index in [2.05, 4.69) is 0 Å². The highest BCUT2D eigenvalue weighted by molar-refractivity contribution is 6.03. The van der Waals surface area contributed by atoms with Gasteiger partial charge in [-0.15, -0.1) is 0 Å². The maximum atomic E-state index is 12.9. The minimum absolute atomic E-state index is 0.0219. The monoisotopic (exact) mass is 390 g/mol. The number of carbonyl (C=O) groups is 2. The summed E-state index contributed by atoms with van der Waals surface area (Å²) < 4.78 is 10.4. The third kappa shape index (κ3) is 4.30. The number of hydrogen-bond acceptors (Lipinski definition) is 5. The second-order valence-electron chi connectivity index (χ2n) is 6.88. The lowest BCUT2D eigenvalue weighted by Gasteiger charge is -2.25. The van der Waals surface area contributed by atoms with Crippen molar-refractivity contribution in [1.82, 2.24) is 0 Å². The molecule has 0 radical (unpaired) electrons. The maximum Gasteiger partial charge on any atom is 0.349 e. The number of esters is 1. The van der Waals surface area contributed by atoms with Crippen LogP contribution in [0.15, 0.2) is 54.1 Å². The highest BCUT2D eigenvalue weighted by Crippen LogP contribution is 2.32. The molecule has 3 rings (SSSR count). The van der Waals surface area contributed by atoms with Crippen molar-refractivity contribution in [2.24, 2.45) is 0 Å². The Kier molecular flexibility index (Phi) is 5.99. The third-order valence-electron chi connectivity index (χ3n) is 4.84. The van der Waals surface area contributed by atoms with E-state index in [0.29, 0.717) is 11.3 Å². The number of nitriles is 1. The highest BCUT2D eigenvalue weighted by Gasteiger charge is 2.34. The second kappa shape index (κ2) is 8.61. The Morgan fingerprint density at radius 3 is 2.55 bits per heavy atom. The summed E-state index contributed by atoms with van der Waals surface area (Å²) >= 11 is 0. The highest BCUT2D eigenvalue weighted by atomic mass is 16.5. The summed E-state index contributed by atoms with van der Waals surface area (Å²) in [5.74, 6) is -0.468. The van der Waals surface area contributed by atoms with Gasteiger partial charge in [0, 0.05) is 11.7 Å². The molecule has 0 fully saturated rings. The van der Waals surface area contributed by atoms with E-state index < -0.39 is 12.1 Å². The summed E-state index contributed by atoms with van der Waals surface area (Å²) in [5.41, 5.74) is 2.40. The number of para-hydroxylation sites is 1. The van der Waals surface area contributed by atoms with Crippen molar-refractivity contribution in [3.05, 3.63) is 65.2 Å². The zero-order chi connectivity index (χ0) is 21.0. The van der Waals surface area contributed by atoms with Crippen LogP contribution in [0.4, 0.5) is 5.69 Å². The van der Waals surface area contributed by atoms with Gasteiger partial charge in [-0.05, 0) is 55.7 Å². The minimum Gasteiger partial charge on any atom is -0.497 e. The molecule has 1 aliphatic rings. The summed E-state index contributed by atoms with van der Waals surface area (Å²) in [7, 11) is 1.56. The van der Waals surface area contributed by atoms with Crippen LogP contribution in [0.1, 0.15) is 25.0 Å². The molecule has 0 aromatic heterocycles. The molecule has 0 saturated carbocycles. The fraction of sp³-hybridized carbons (Fsp3) is 0.261. The Labute approximate surface area is 170 Å². The Bertz CT molecular complexity index is 989. The van der Waals surface area contributed by atoms with Crippen LogP contribution in [0.5, 0.6) is 5.75 Å². The van der Waals surface area contributed by atoms with E-state index in [1.165, 1.54) is 13.0 Å². The van der Waals surface area contributed by atoms with Gasteiger partial charge in [-0.3, -0.25) is 4.79 Å². The quantitative estimate of drug-likeness (QED) is 0.443. The molecule has 1 aliphatic heterocycles. The van der Waals surface area contributed by atoms with E-state index in [1.54, 1.807) is 36.3 Å². The van der Waals surface area contributed by atoms with Crippen molar-refractivity contribution in [3.63, 3.8) is 0 Å². The standard InChI is InChI=1S/C23H22N2O4/c1-15-12-18-6-4-5-7-21(18)25(15)22(26)16(2)29-23(27)19(14-24)13-17-8-10-20(28-3)11-9-17/h4-11,13,15-16H,12H2,1-3H3/b19-13+/t15-,16+/m0/s1. The minimum atomic E-state index is -1.01. The zero-order valence-corrected chi connectivity index (χ0v) is 16.6. The summed E-state index contributed by atoms with van der Waals surface area (Å²) in [6.45, 7) is 3.48. The largest absolute Gasteiger partial charge is 0.497 e. The molecular weight excluding hydrogens is 368 g/mol. The topological polar surface area (TPSA) is 79.6 Å². The van der Waals surface area contributed by atoms with E-state index in [4.69, 9.17) is 9.47 Å². The fourth-order valence-electron chi connectivity index (χ4n) is 3.38. The molecule has 6 nitrogen and oxygen atoms in total. The number of methoxy groups -OCH3 is 1. The van der Waals surface area contributed by atoms with Crippen LogP contribution in [0, 0.1) is 11.3 Å². The van der Waals surface area contributed by atoms with Crippen LogP contribution in [0.3, 0.4) is 0 Å². The van der Waals surface area contributed by atoms with E-state index >= 15 is 0 Å². The number of anilines is 1. The number of rotatable bonds is 5. The van der Waals surface area contributed by atoms with E-state index in [1.807, 2.05) is 37.3 Å². The molecule has 0 aliphatic carbocycles. The van der Waals surface area contributed by atoms with Crippen LogP contribution in [-0.2, 0) is 20.7 Å². The number of nitrogens with zero attached hydrogens (tertiary/aromatic N) is 2. The van der Waals surface area contributed by atoms with Gasteiger partial charge in [-0.2, -0.15) is 5.26 Å². The van der Waals surface area contributed by atoms with Gasteiger partial charge in [-0.25, -0.2) is 4.79 Å².